The first-order valence-corrected chi connectivity index (χ1v) is 18.2. The van der Waals surface area contributed by atoms with E-state index in [2.05, 4.69) is 24.3 Å². The Hall–Kier alpha value is -2.62. The van der Waals surface area contributed by atoms with Gasteiger partial charge in [0.15, 0.2) is 0 Å². The molecular weight excluding hydrogens is 544 g/mol. The molecule has 9 unspecified atom stereocenters. The molecule has 4 heteroatoms. The van der Waals surface area contributed by atoms with Gasteiger partial charge in [-0.1, -0.05) is 25.0 Å². The standard InChI is InChI=1S/C40H48O4/c41-38(43-28-11-16-31-25(21-28)8-14-33-30-4-1-3-24(30)7-13-34(31)33)5-2-6-39(42)44-29-12-17-32-26(22-29)9-15-36-35(32)19-20-40-23-27(40)10-18-37(36)40/h11-12,16-17,21-22,24,27,30,33-37H,1-10,13-15,18-20,23H2. The molecule has 5 saturated carbocycles. The average molecular weight is 593 g/mol. The fourth-order valence-electron chi connectivity index (χ4n) is 12.3. The molecule has 1 spiro atoms. The Morgan fingerprint density at radius 3 is 2.07 bits per heavy atom. The second kappa shape index (κ2) is 10.7. The Balaban J connectivity index is 0.761. The normalized spacial score (nSPS) is 37.3. The van der Waals surface area contributed by atoms with E-state index in [1.54, 1.807) is 0 Å². The first-order chi connectivity index (χ1) is 21.6. The molecule has 4 nitrogen and oxygen atoms in total. The summed E-state index contributed by atoms with van der Waals surface area (Å²) in [6.07, 6.45) is 19.9. The van der Waals surface area contributed by atoms with Gasteiger partial charge in [0.05, 0.1) is 0 Å². The van der Waals surface area contributed by atoms with Crippen molar-refractivity contribution in [3.63, 3.8) is 0 Å². The molecule has 44 heavy (non-hydrogen) atoms. The Morgan fingerprint density at radius 1 is 0.682 bits per heavy atom. The molecule has 0 aromatic heterocycles. The van der Waals surface area contributed by atoms with Crippen LogP contribution in [0, 0.1) is 40.9 Å². The smallest absolute Gasteiger partial charge is 0.311 e. The number of rotatable bonds is 6. The lowest BCUT2D eigenvalue weighted by atomic mass is 9.59. The summed E-state index contributed by atoms with van der Waals surface area (Å²) < 4.78 is 11.5. The highest BCUT2D eigenvalue weighted by atomic mass is 16.5. The van der Waals surface area contributed by atoms with E-state index in [0.717, 1.165) is 53.8 Å². The molecular formula is C40H48O4. The van der Waals surface area contributed by atoms with Crippen molar-refractivity contribution < 1.29 is 19.1 Å². The van der Waals surface area contributed by atoms with E-state index in [1.807, 2.05) is 12.1 Å². The number of carbonyl (C=O) groups is 2. The highest BCUT2D eigenvalue weighted by Crippen LogP contribution is 2.75. The molecule has 7 aliphatic carbocycles. The van der Waals surface area contributed by atoms with Crippen LogP contribution >= 0.6 is 0 Å². The van der Waals surface area contributed by atoms with Gasteiger partial charge in [0.25, 0.3) is 0 Å². The maximum Gasteiger partial charge on any atom is 0.311 e. The number of aryl methyl sites for hydroxylation is 2. The van der Waals surface area contributed by atoms with Crippen LogP contribution in [-0.2, 0) is 22.4 Å². The van der Waals surface area contributed by atoms with Crippen LogP contribution in [0.5, 0.6) is 11.5 Å². The Kier molecular flexibility index (Phi) is 6.75. The first kappa shape index (κ1) is 27.7. The van der Waals surface area contributed by atoms with Gasteiger partial charge < -0.3 is 9.47 Å². The van der Waals surface area contributed by atoms with Crippen LogP contribution < -0.4 is 9.47 Å². The minimum atomic E-state index is -0.268. The molecule has 0 saturated heterocycles. The quantitative estimate of drug-likeness (QED) is 0.248. The van der Waals surface area contributed by atoms with Gasteiger partial charge in [-0.05, 0) is 183 Å². The molecule has 0 amide bonds. The maximum absolute atomic E-state index is 12.7. The van der Waals surface area contributed by atoms with Crippen LogP contribution in [0.3, 0.4) is 0 Å². The third-order valence-corrected chi connectivity index (χ3v) is 14.2. The molecule has 9 rings (SSSR count). The number of benzene rings is 2. The molecule has 7 aliphatic rings. The van der Waals surface area contributed by atoms with E-state index in [0.29, 0.717) is 29.8 Å². The number of ether oxygens (including phenoxy) is 2. The zero-order chi connectivity index (χ0) is 29.4. The van der Waals surface area contributed by atoms with Crippen LogP contribution in [-0.4, -0.2) is 11.9 Å². The molecule has 5 fully saturated rings. The topological polar surface area (TPSA) is 52.6 Å². The predicted molar refractivity (Wildman–Crippen MR) is 170 cm³/mol. The van der Waals surface area contributed by atoms with E-state index in [1.165, 1.54) is 99.3 Å². The molecule has 0 aliphatic heterocycles. The highest BCUT2D eigenvalue weighted by Gasteiger charge is 2.66. The SMILES string of the molecule is O=C(CCCC(=O)Oc1ccc2c(c1)CCC1C2CCC23CC2CCC13)Oc1ccc2c(c1)CCC1C2CCC2CCCC21. The van der Waals surface area contributed by atoms with Gasteiger partial charge in [0.2, 0.25) is 0 Å². The lowest BCUT2D eigenvalue weighted by Gasteiger charge is -2.46. The van der Waals surface area contributed by atoms with Gasteiger partial charge in [-0.2, -0.15) is 0 Å². The lowest BCUT2D eigenvalue weighted by molar-refractivity contribution is -0.136. The number of carbonyl (C=O) groups excluding carboxylic acids is 2. The predicted octanol–water partition coefficient (Wildman–Crippen LogP) is 9.08. The summed E-state index contributed by atoms with van der Waals surface area (Å²) in [4.78, 5) is 25.3. The molecule has 9 atom stereocenters. The zero-order valence-corrected chi connectivity index (χ0v) is 26.2. The van der Waals surface area contributed by atoms with Gasteiger partial charge in [-0.15, -0.1) is 0 Å². The second-order valence-corrected chi connectivity index (χ2v) is 15.9. The summed E-state index contributed by atoms with van der Waals surface area (Å²) >= 11 is 0. The third kappa shape index (κ3) is 4.59. The van der Waals surface area contributed by atoms with E-state index in [-0.39, 0.29) is 24.8 Å². The molecule has 2 aromatic rings. The van der Waals surface area contributed by atoms with Crippen LogP contribution in [0.4, 0.5) is 0 Å². The lowest BCUT2D eigenvalue weighted by Crippen LogP contribution is -2.36. The maximum atomic E-state index is 12.7. The number of hydrogen-bond donors (Lipinski definition) is 0. The minimum absolute atomic E-state index is 0.219. The van der Waals surface area contributed by atoms with Crippen molar-refractivity contribution in [3.05, 3.63) is 58.7 Å². The van der Waals surface area contributed by atoms with Crippen molar-refractivity contribution in [2.24, 2.45) is 40.9 Å². The van der Waals surface area contributed by atoms with E-state index < -0.39 is 0 Å². The van der Waals surface area contributed by atoms with Gasteiger partial charge in [0.1, 0.15) is 11.5 Å². The van der Waals surface area contributed by atoms with E-state index >= 15 is 0 Å². The van der Waals surface area contributed by atoms with Crippen molar-refractivity contribution in [2.75, 3.05) is 0 Å². The highest BCUT2D eigenvalue weighted by molar-refractivity contribution is 5.75. The Bertz CT molecular complexity index is 1480. The minimum Gasteiger partial charge on any atom is -0.427 e. The summed E-state index contributed by atoms with van der Waals surface area (Å²) in [7, 11) is 0. The van der Waals surface area contributed by atoms with Gasteiger partial charge >= 0.3 is 11.9 Å². The number of hydrogen-bond acceptors (Lipinski definition) is 4. The van der Waals surface area contributed by atoms with E-state index in [4.69, 9.17) is 9.47 Å². The first-order valence-electron chi connectivity index (χ1n) is 18.2. The summed E-state index contributed by atoms with van der Waals surface area (Å²) in [5.74, 6) is 7.80. The molecule has 0 heterocycles. The van der Waals surface area contributed by atoms with Crippen molar-refractivity contribution in [2.45, 2.75) is 121 Å². The molecule has 0 radical (unpaired) electrons. The zero-order valence-electron chi connectivity index (χ0n) is 26.2. The fourth-order valence-corrected chi connectivity index (χ4v) is 12.3. The molecule has 232 valence electrons. The average Bonchev–Trinajstić information content (AvgIpc) is 3.34. The summed E-state index contributed by atoms with van der Waals surface area (Å²) in [5, 5.41) is 0. The summed E-state index contributed by atoms with van der Waals surface area (Å²) in [6, 6.07) is 12.7. The summed E-state index contributed by atoms with van der Waals surface area (Å²) in [6.45, 7) is 0. The number of esters is 2. The van der Waals surface area contributed by atoms with Gasteiger partial charge in [-0.3, -0.25) is 9.59 Å². The largest absolute Gasteiger partial charge is 0.427 e. The molecule has 0 bridgehead atoms. The van der Waals surface area contributed by atoms with Crippen LogP contribution in [0.25, 0.3) is 0 Å². The molecule has 0 N–H and O–H groups in total. The van der Waals surface area contributed by atoms with Crippen LogP contribution in [0.2, 0.25) is 0 Å². The number of fused-ring (bicyclic) bond motifs is 9. The van der Waals surface area contributed by atoms with Crippen molar-refractivity contribution in [3.8, 4) is 11.5 Å². The monoisotopic (exact) mass is 592 g/mol. The Morgan fingerprint density at radius 2 is 1.36 bits per heavy atom. The van der Waals surface area contributed by atoms with Crippen LogP contribution in [0.15, 0.2) is 36.4 Å². The summed E-state index contributed by atoms with van der Waals surface area (Å²) in [5.41, 5.74) is 6.52. The van der Waals surface area contributed by atoms with Gasteiger partial charge in [0, 0.05) is 12.8 Å². The van der Waals surface area contributed by atoms with Gasteiger partial charge in [-0.25, -0.2) is 0 Å². The second-order valence-electron chi connectivity index (χ2n) is 15.9. The van der Waals surface area contributed by atoms with E-state index in [9.17, 15) is 9.59 Å². The fraction of sp³-hybridized carbons (Fsp3) is 0.650. The third-order valence-electron chi connectivity index (χ3n) is 14.2. The van der Waals surface area contributed by atoms with Crippen LogP contribution in [0.1, 0.15) is 130 Å². The van der Waals surface area contributed by atoms with Crippen molar-refractivity contribution in [1.82, 2.24) is 0 Å². The molecule has 2 aromatic carbocycles. The Labute approximate surface area is 262 Å². The van der Waals surface area contributed by atoms with Crippen molar-refractivity contribution >= 4 is 11.9 Å². The van der Waals surface area contributed by atoms with Crippen molar-refractivity contribution in [1.29, 1.82) is 0 Å².